The SMILES string of the molecule is CC(=O)CNC(=O)c1ncccc1O. The summed E-state index contributed by atoms with van der Waals surface area (Å²) in [5, 5.41) is 11.6. The van der Waals surface area contributed by atoms with Crippen molar-refractivity contribution >= 4 is 11.7 Å². The Kier molecular flexibility index (Phi) is 3.17. The molecule has 0 spiro atoms. The Bertz CT molecular complexity index is 363. The highest BCUT2D eigenvalue weighted by Crippen LogP contribution is 2.11. The average molecular weight is 194 g/mol. The van der Waals surface area contributed by atoms with E-state index >= 15 is 0 Å². The number of aromatic hydroxyl groups is 1. The van der Waals surface area contributed by atoms with E-state index in [4.69, 9.17) is 0 Å². The maximum atomic E-state index is 11.3. The normalized spacial score (nSPS) is 9.50. The van der Waals surface area contributed by atoms with E-state index in [0.29, 0.717) is 0 Å². The molecular weight excluding hydrogens is 184 g/mol. The zero-order valence-electron chi connectivity index (χ0n) is 7.65. The predicted molar refractivity (Wildman–Crippen MR) is 48.9 cm³/mol. The average Bonchev–Trinajstić information content (AvgIpc) is 2.15. The Morgan fingerprint density at radius 2 is 2.29 bits per heavy atom. The summed E-state index contributed by atoms with van der Waals surface area (Å²) in [6.07, 6.45) is 1.39. The van der Waals surface area contributed by atoms with Crippen LogP contribution in [-0.4, -0.2) is 28.3 Å². The number of ketones is 1. The van der Waals surface area contributed by atoms with Gasteiger partial charge < -0.3 is 10.4 Å². The molecule has 5 nitrogen and oxygen atoms in total. The van der Waals surface area contributed by atoms with Gasteiger partial charge in [-0.15, -0.1) is 0 Å². The quantitative estimate of drug-likeness (QED) is 0.715. The van der Waals surface area contributed by atoms with Crippen molar-refractivity contribution in [3.05, 3.63) is 24.0 Å². The standard InChI is InChI=1S/C9H10N2O3/c1-6(12)5-11-9(14)8-7(13)3-2-4-10-8/h2-4,13H,5H2,1H3,(H,11,14). The van der Waals surface area contributed by atoms with Crippen LogP contribution >= 0.6 is 0 Å². The summed E-state index contributed by atoms with van der Waals surface area (Å²) in [7, 11) is 0. The van der Waals surface area contributed by atoms with Gasteiger partial charge in [0.1, 0.15) is 11.5 Å². The number of hydrogen-bond acceptors (Lipinski definition) is 4. The third kappa shape index (κ3) is 2.55. The van der Waals surface area contributed by atoms with Crippen molar-refractivity contribution in [3.8, 4) is 5.75 Å². The molecule has 0 saturated carbocycles. The van der Waals surface area contributed by atoms with Gasteiger partial charge in [-0.05, 0) is 19.1 Å². The Labute approximate surface area is 80.8 Å². The topological polar surface area (TPSA) is 79.3 Å². The van der Waals surface area contributed by atoms with Crippen LogP contribution in [0.15, 0.2) is 18.3 Å². The van der Waals surface area contributed by atoms with Gasteiger partial charge in [-0.25, -0.2) is 4.98 Å². The fourth-order valence-electron chi connectivity index (χ4n) is 0.860. The molecular formula is C9H10N2O3. The lowest BCUT2D eigenvalue weighted by molar-refractivity contribution is -0.116. The van der Waals surface area contributed by atoms with Crippen LogP contribution in [0, 0.1) is 0 Å². The molecule has 0 atom stereocenters. The number of rotatable bonds is 3. The number of amides is 1. The summed E-state index contributed by atoms with van der Waals surface area (Å²) >= 11 is 0. The van der Waals surface area contributed by atoms with Gasteiger partial charge in [-0.3, -0.25) is 9.59 Å². The van der Waals surface area contributed by atoms with Gasteiger partial charge in [0.2, 0.25) is 0 Å². The largest absolute Gasteiger partial charge is 0.505 e. The minimum atomic E-state index is -0.557. The fourth-order valence-corrected chi connectivity index (χ4v) is 0.860. The summed E-state index contributed by atoms with van der Waals surface area (Å²) < 4.78 is 0. The third-order valence-corrected chi connectivity index (χ3v) is 1.50. The predicted octanol–water partition coefficient (Wildman–Crippen LogP) is 0.106. The van der Waals surface area contributed by atoms with Crippen LogP contribution in [0.1, 0.15) is 17.4 Å². The van der Waals surface area contributed by atoms with E-state index in [1.54, 1.807) is 0 Å². The van der Waals surface area contributed by atoms with Gasteiger partial charge >= 0.3 is 0 Å². The second-order valence-corrected chi connectivity index (χ2v) is 2.76. The van der Waals surface area contributed by atoms with E-state index in [1.165, 1.54) is 25.3 Å². The van der Waals surface area contributed by atoms with Crippen LogP contribution in [0.2, 0.25) is 0 Å². The summed E-state index contributed by atoms with van der Waals surface area (Å²) in [6.45, 7) is 1.30. The zero-order valence-corrected chi connectivity index (χ0v) is 7.65. The molecule has 1 rings (SSSR count). The summed E-state index contributed by atoms with van der Waals surface area (Å²) in [4.78, 5) is 25.5. The van der Waals surface area contributed by atoms with Crippen LogP contribution in [0.4, 0.5) is 0 Å². The van der Waals surface area contributed by atoms with Gasteiger partial charge in [0, 0.05) is 6.20 Å². The van der Waals surface area contributed by atoms with Gasteiger partial charge in [0.15, 0.2) is 5.69 Å². The number of Topliss-reactive ketones (excluding diaryl/α,β-unsaturated/α-hetero) is 1. The highest BCUT2D eigenvalue weighted by atomic mass is 16.3. The molecule has 1 amide bonds. The highest BCUT2D eigenvalue weighted by Gasteiger charge is 2.11. The molecule has 0 fully saturated rings. The minimum absolute atomic E-state index is 0.0607. The lowest BCUT2D eigenvalue weighted by Crippen LogP contribution is -2.28. The number of aromatic nitrogens is 1. The fraction of sp³-hybridized carbons (Fsp3) is 0.222. The molecule has 0 radical (unpaired) electrons. The van der Waals surface area contributed by atoms with Crippen LogP contribution in [0.3, 0.4) is 0 Å². The molecule has 0 aliphatic heterocycles. The third-order valence-electron chi connectivity index (χ3n) is 1.50. The molecule has 0 aromatic carbocycles. The molecule has 0 aliphatic carbocycles. The first kappa shape index (κ1) is 10.2. The Hall–Kier alpha value is -1.91. The molecule has 74 valence electrons. The van der Waals surface area contributed by atoms with E-state index in [0.717, 1.165) is 0 Å². The number of carbonyl (C=O) groups excluding carboxylic acids is 2. The van der Waals surface area contributed by atoms with Crippen LogP contribution < -0.4 is 5.32 Å². The van der Waals surface area contributed by atoms with Crippen molar-refractivity contribution < 1.29 is 14.7 Å². The van der Waals surface area contributed by atoms with Crippen molar-refractivity contribution in [1.82, 2.24) is 10.3 Å². The van der Waals surface area contributed by atoms with E-state index in [-0.39, 0.29) is 23.8 Å². The maximum Gasteiger partial charge on any atom is 0.274 e. The van der Waals surface area contributed by atoms with Crippen molar-refractivity contribution in [2.75, 3.05) is 6.54 Å². The molecule has 5 heteroatoms. The van der Waals surface area contributed by atoms with Crippen molar-refractivity contribution in [2.45, 2.75) is 6.92 Å². The number of hydrogen-bond donors (Lipinski definition) is 2. The first-order valence-corrected chi connectivity index (χ1v) is 4.03. The molecule has 0 aliphatic rings. The first-order chi connectivity index (χ1) is 6.61. The smallest absolute Gasteiger partial charge is 0.274 e. The Morgan fingerprint density at radius 3 is 2.86 bits per heavy atom. The molecule has 0 unspecified atom stereocenters. The molecule has 1 heterocycles. The van der Waals surface area contributed by atoms with Gasteiger partial charge in [-0.2, -0.15) is 0 Å². The lowest BCUT2D eigenvalue weighted by atomic mass is 10.3. The van der Waals surface area contributed by atoms with Crippen molar-refractivity contribution in [1.29, 1.82) is 0 Å². The molecule has 1 aromatic rings. The molecule has 0 bridgehead atoms. The second-order valence-electron chi connectivity index (χ2n) is 2.76. The first-order valence-electron chi connectivity index (χ1n) is 4.03. The van der Waals surface area contributed by atoms with E-state index in [9.17, 15) is 14.7 Å². The Morgan fingerprint density at radius 1 is 1.57 bits per heavy atom. The van der Waals surface area contributed by atoms with Crippen LogP contribution in [0.25, 0.3) is 0 Å². The van der Waals surface area contributed by atoms with E-state index in [2.05, 4.69) is 10.3 Å². The van der Waals surface area contributed by atoms with Crippen LogP contribution in [-0.2, 0) is 4.79 Å². The second kappa shape index (κ2) is 4.36. The summed E-state index contributed by atoms with van der Waals surface area (Å²) in [6, 6.07) is 2.87. The van der Waals surface area contributed by atoms with Crippen LogP contribution in [0.5, 0.6) is 5.75 Å². The van der Waals surface area contributed by atoms with E-state index in [1.807, 2.05) is 0 Å². The van der Waals surface area contributed by atoms with Gasteiger partial charge in [0.25, 0.3) is 5.91 Å². The van der Waals surface area contributed by atoms with Gasteiger partial charge in [-0.1, -0.05) is 0 Å². The monoisotopic (exact) mass is 194 g/mol. The molecule has 14 heavy (non-hydrogen) atoms. The Balaban J connectivity index is 2.70. The highest BCUT2D eigenvalue weighted by molar-refractivity contribution is 5.96. The van der Waals surface area contributed by atoms with E-state index < -0.39 is 5.91 Å². The molecule has 1 aromatic heterocycles. The number of nitrogens with one attached hydrogen (secondary N) is 1. The molecule has 0 saturated heterocycles. The maximum absolute atomic E-state index is 11.3. The summed E-state index contributed by atoms with van der Waals surface area (Å²) in [5.74, 6) is -0.916. The number of pyridine rings is 1. The molecule has 2 N–H and O–H groups in total. The van der Waals surface area contributed by atoms with Crippen molar-refractivity contribution in [2.24, 2.45) is 0 Å². The number of carbonyl (C=O) groups is 2. The van der Waals surface area contributed by atoms with Crippen molar-refractivity contribution in [3.63, 3.8) is 0 Å². The lowest BCUT2D eigenvalue weighted by Gasteiger charge is -2.02. The summed E-state index contributed by atoms with van der Waals surface area (Å²) in [5.41, 5.74) is -0.0752. The minimum Gasteiger partial charge on any atom is -0.505 e. The number of nitrogens with zero attached hydrogens (tertiary/aromatic N) is 1. The van der Waals surface area contributed by atoms with Gasteiger partial charge in [0.05, 0.1) is 6.54 Å². The zero-order chi connectivity index (χ0) is 10.6.